The summed E-state index contributed by atoms with van der Waals surface area (Å²) in [4.78, 5) is 4.14. The summed E-state index contributed by atoms with van der Waals surface area (Å²) in [6, 6.07) is 3.62. The average molecular weight is 238 g/mol. The molecule has 1 aromatic heterocycles. The molecule has 1 aromatic rings. The van der Waals surface area contributed by atoms with E-state index in [1.54, 1.807) is 6.20 Å². The predicted octanol–water partition coefficient (Wildman–Crippen LogP) is 3.86. The van der Waals surface area contributed by atoms with Gasteiger partial charge >= 0.3 is 0 Å². The summed E-state index contributed by atoms with van der Waals surface area (Å²) < 4.78 is 0. The zero-order chi connectivity index (χ0) is 11.2. The minimum Gasteiger partial charge on any atom is -0.260 e. The predicted molar refractivity (Wildman–Crippen MR) is 68.0 cm³/mol. The van der Waals surface area contributed by atoms with Crippen molar-refractivity contribution in [3.8, 4) is 0 Å². The molecule has 86 valence electrons. The summed E-state index contributed by atoms with van der Waals surface area (Å²) in [7, 11) is 0. The Hall–Kier alpha value is -1.09. The highest BCUT2D eigenvalue weighted by Crippen LogP contribution is 2.19. The Labute approximate surface area is 101 Å². The van der Waals surface area contributed by atoms with Crippen LogP contribution in [0.4, 0.5) is 5.82 Å². The zero-order valence-corrected chi connectivity index (χ0v) is 10.0. The Morgan fingerprint density at radius 1 is 1.19 bits per heavy atom. The molecule has 0 amide bonds. The van der Waals surface area contributed by atoms with E-state index in [4.69, 9.17) is 11.6 Å². The third-order valence-corrected chi connectivity index (χ3v) is 3.06. The van der Waals surface area contributed by atoms with Crippen LogP contribution in [0.15, 0.2) is 23.4 Å². The van der Waals surface area contributed by atoms with E-state index in [2.05, 4.69) is 15.5 Å². The summed E-state index contributed by atoms with van der Waals surface area (Å²) in [6.45, 7) is 0. The molecule has 0 radical (unpaired) electrons. The second-order valence-electron chi connectivity index (χ2n) is 4.04. The van der Waals surface area contributed by atoms with E-state index in [9.17, 15) is 0 Å². The van der Waals surface area contributed by atoms with E-state index in [0.29, 0.717) is 10.8 Å². The summed E-state index contributed by atoms with van der Waals surface area (Å²) in [5.41, 5.74) is 4.19. The molecule has 0 aromatic carbocycles. The fourth-order valence-corrected chi connectivity index (χ4v) is 2.01. The highest BCUT2D eigenvalue weighted by atomic mass is 35.5. The van der Waals surface area contributed by atoms with Crippen LogP contribution in [0.5, 0.6) is 0 Å². The monoisotopic (exact) mass is 237 g/mol. The number of halogens is 1. The van der Waals surface area contributed by atoms with Gasteiger partial charge in [-0.1, -0.05) is 24.4 Å². The third kappa shape index (κ3) is 3.20. The first-order chi connectivity index (χ1) is 7.86. The van der Waals surface area contributed by atoms with Crippen LogP contribution in [0.1, 0.15) is 38.5 Å². The van der Waals surface area contributed by atoms with Gasteiger partial charge in [0, 0.05) is 11.9 Å². The number of rotatable bonds is 2. The van der Waals surface area contributed by atoms with Gasteiger partial charge < -0.3 is 0 Å². The van der Waals surface area contributed by atoms with Crippen molar-refractivity contribution in [2.75, 3.05) is 5.43 Å². The lowest BCUT2D eigenvalue weighted by atomic mass is 10.2. The maximum absolute atomic E-state index is 5.98. The first-order valence-electron chi connectivity index (χ1n) is 5.78. The van der Waals surface area contributed by atoms with Gasteiger partial charge in [0.05, 0.1) is 5.02 Å². The van der Waals surface area contributed by atoms with Crippen LogP contribution < -0.4 is 5.43 Å². The van der Waals surface area contributed by atoms with E-state index < -0.39 is 0 Å². The van der Waals surface area contributed by atoms with Crippen molar-refractivity contribution in [3.05, 3.63) is 23.4 Å². The number of hydrogen-bond donors (Lipinski definition) is 1. The lowest BCUT2D eigenvalue weighted by Crippen LogP contribution is -2.02. The van der Waals surface area contributed by atoms with Crippen molar-refractivity contribution in [2.45, 2.75) is 38.5 Å². The Kier molecular flexibility index (Phi) is 4.17. The van der Waals surface area contributed by atoms with Crippen molar-refractivity contribution >= 4 is 23.1 Å². The molecule has 0 bridgehead atoms. The highest BCUT2D eigenvalue weighted by molar-refractivity contribution is 6.32. The lowest BCUT2D eigenvalue weighted by Gasteiger charge is -2.04. The second-order valence-corrected chi connectivity index (χ2v) is 4.45. The lowest BCUT2D eigenvalue weighted by molar-refractivity contribution is 0.702. The van der Waals surface area contributed by atoms with Crippen LogP contribution >= 0.6 is 11.6 Å². The summed E-state index contributed by atoms with van der Waals surface area (Å²) >= 11 is 5.98. The first-order valence-corrected chi connectivity index (χ1v) is 6.16. The second kappa shape index (κ2) is 5.85. The maximum Gasteiger partial charge on any atom is 0.165 e. The highest BCUT2D eigenvalue weighted by Gasteiger charge is 2.06. The molecule has 1 aliphatic rings. The number of hydrazone groups is 1. The van der Waals surface area contributed by atoms with Crippen LogP contribution in [0.3, 0.4) is 0 Å². The van der Waals surface area contributed by atoms with Gasteiger partial charge in [-0.05, 0) is 37.8 Å². The number of pyridine rings is 1. The van der Waals surface area contributed by atoms with Gasteiger partial charge in [-0.3, -0.25) is 5.43 Å². The van der Waals surface area contributed by atoms with Gasteiger partial charge in [0.15, 0.2) is 5.82 Å². The fourth-order valence-electron chi connectivity index (χ4n) is 1.85. The molecule has 0 saturated heterocycles. The molecule has 0 spiro atoms. The molecule has 16 heavy (non-hydrogen) atoms. The molecular weight excluding hydrogens is 222 g/mol. The first kappa shape index (κ1) is 11.4. The molecule has 1 fully saturated rings. The van der Waals surface area contributed by atoms with Crippen LogP contribution in [0.2, 0.25) is 5.02 Å². The smallest absolute Gasteiger partial charge is 0.165 e. The fraction of sp³-hybridized carbons (Fsp3) is 0.500. The number of hydrogen-bond acceptors (Lipinski definition) is 3. The number of aromatic nitrogens is 1. The van der Waals surface area contributed by atoms with Crippen molar-refractivity contribution in [1.82, 2.24) is 4.98 Å². The standard InChI is InChI=1S/C12H16ClN3/c13-11-8-5-9-14-12(11)16-15-10-6-3-1-2-4-7-10/h5,8-9H,1-4,6-7H2,(H,14,16). The molecule has 0 aliphatic heterocycles. The largest absolute Gasteiger partial charge is 0.260 e. The number of nitrogens with zero attached hydrogens (tertiary/aromatic N) is 2. The van der Waals surface area contributed by atoms with Gasteiger partial charge in [-0.15, -0.1) is 0 Å². The SMILES string of the molecule is Clc1cccnc1NN=C1CCCCCC1. The number of nitrogens with one attached hydrogen (secondary N) is 1. The molecular formula is C12H16ClN3. The quantitative estimate of drug-likeness (QED) is 0.627. The summed E-state index contributed by atoms with van der Waals surface area (Å²) in [5.74, 6) is 0.640. The van der Waals surface area contributed by atoms with Crippen molar-refractivity contribution in [3.63, 3.8) is 0 Å². The molecule has 1 heterocycles. The molecule has 0 atom stereocenters. The van der Waals surface area contributed by atoms with Gasteiger partial charge in [0.25, 0.3) is 0 Å². The molecule has 0 unspecified atom stereocenters. The maximum atomic E-state index is 5.98. The van der Waals surface area contributed by atoms with Gasteiger partial charge in [-0.2, -0.15) is 5.10 Å². The summed E-state index contributed by atoms with van der Waals surface area (Å²) in [6.07, 6.45) is 9.04. The van der Waals surface area contributed by atoms with E-state index in [1.807, 2.05) is 12.1 Å². The third-order valence-electron chi connectivity index (χ3n) is 2.76. The van der Waals surface area contributed by atoms with E-state index in [0.717, 1.165) is 12.8 Å². The number of anilines is 1. The van der Waals surface area contributed by atoms with Crippen molar-refractivity contribution < 1.29 is 0 Å². The zero-order valence-electron chi connectivity index (χ0n) is 9.25. The van der Waals surface area contributed by atoms with Gasteiger partial charge in [0.1, 0.15) is 0 Å². The van der Waals surface area contributed by atoms with Crippen LogP contribution in [0, 0.1) is 0 Å². The topological polar surface area (TPSA) is 37.3 Å². The normalized spacial score (nSPS) is 16.7. The van der Waals surface area contributed by atoms with Gasteiger partial charge in [0.2, 0.25) is 0 Å². The van der Waals surface area contributed by atoms with E-state index >= 15 is 0 Å². The molecule has 1 aliphatic carbocycles. The minimum atomic E-state index is 0.612. The Balaban J connectivity index is 1.99. The van der Waals surface area contributed by atoms with Crippen molar-refractivity contribution in [1.29, 1.82) is 0 Å². The van der Waals surface area contributed by atoms with E-state index in [1.165, 1.54) is 31.4 Å². The van der Waals surface area contributed by atoms with E-state index in [-0.39, 0.29) is 0 Å². The minimum absolute atomic E-state index is 0.612. The van der Waals surface area contributed by atoms with Crippen molar-refractivity contribution in [2.24, 2.45) is 5.10 Å². The Bertz CT molecular complexity index is 366. The van der Waals surface area contributed by atoms with Gasteiger partial charge in [-0.25, -0.2) is 4.98 Å². The average Bonchev–Trinajstić information content (AvgIpc) is 2.56. The van der Waals surface area contributed by atoms with Crippen LogP contribution in [-0.2, 0) is 0 Å². The molecule has 3 nitrogen and oxygen atoms in total. The molecule has 4 heteroatoms. The molecule has 2 rings (SSSR count). The molecule has 1 N–H and O–H groups in total. The summed E-state index contributed by atoms with van der Waals surface area (Å²) in [5, 5.41) is 5.01. The Morgan fingerprint density at radius 2 is 1.94 bits per heavy atom. The van der Waals surface area contributed by atoms with Crippen LogP contribution in [-0.4, -0.2) is 10.7 Å². The Morgan fingerprint density at radius 3 is 2.62 bits per heavy atom. The molecule has 1 saturated carbocycles. The van der Waals surface area contributed by atoms with Crippen LogP contribution in [0.25, 0.3) is 0 Å².